The van der Waals surface area contributed by atoms with Crippen LogP contribution in [0.5, 0.6) is 5.75 Å². The highest BCUT2D eigenvalue weighted by molar-refractivity contribution is 7.52. The molecular formula is C31H45N4O8P. The van der Waals surface area contributed by atoms with Crippen LogP contribution in [0.15, 0.2) is 71.2 Å². The Hall–Kier alpha value is -3.28. The first-order valence-corrected chi connectivity index (χ1v) is 16.5. The van der Waals surface area contributed by atoms with Crippen LogP contribution in [0.4, 0.5) is 5.82 Å². The maximum atomic E-state index is 14.2. The highest BCUT2D eigenvalue weighted by Gasteiger charge is 2.37. The molecule has 0 saturated carbocycles. The van der Waals surface area contributed by atoms with Crippen LogP contribution in [0.3, 0.4) is 0 Å². The van der Waals surface area contributed by atoms with Gasteiger partial charge in [-0.3, -0.25) is 13.9 Å². The van der Waals surface area contributed by atoms with Gasteiger partial charge in [0, 0.05) is 6.20 Å². The van der Waals surface area contributed by atoms with E-state index in [0.29, 0.717) is 0 Å². The van der Waals surface area contributed by atoms with Crippen LogP contribution < -0.4 is 21.0 Å². The van der Waals surface area contributed by atoms with Crippen LogP contribution >= 0.6 is 7.75 Å². The van der Waals surface area contributed by atoms with Crippen LogP contribution in [0.1, 0.15) is 66.0 Å². The fourth-order valence-corrected chi connectivity index (χ4v) is 6.12. The summed E-state index contributed by atoms with van der Waals surface area (Å²) in [5.74, 6) is 0.0457. The molecule has 0 radical (unpaired) electrons. The van der Waals surface area contributed by atoms with Crippen molar-refractivity contribution < 1.29 is 32.6 Å². The highest BCUT2D eigenvalue weighted by Crippen LogP contribution is 2.46. The number of allylic oxidation sites excluding steroid dienone is 3. The number of nitrogens with zero attached hydrogens (tertiary/aromatic N) is 2. The van der Waals surface area contributed by atoms with Crippen molar-refractivity contribution in [2.45, 2.75) is 78.4 Å². The van der Waals surface area contributed by atoms with Gasteiger partial charge in [-0.05, 0) is 57.2 Å². The Morgan fingerprint density at radius 1 is 1.23 bits per heavy atom. The summed E-state index contributed by atoms with van der Waals surface area (Å²) in [7, 11) is -4.22. The van der Waals surface area contributed by atoms with Crippen molar-refractivity contribution in [1.29, 1.82) is 0 Å². The van der Waals surface area contributed by atoms with Crippen LogP contribution in [-0.4, -0.2) is 47.7 Å². The summed E-state index contributed by atoms with van der Waals surface area (Å²) in [5, 5.41) is 2.84. The fourth-order valence-electron chi connectivity index (χ4n) is 4.64. The molecule has 3 N–H and O–H groups in total. The van der Waals surface area contributed by atoms with Crippen molar-refractivity contribution in [3.8, 4) is 5.75 Å². The summed E-state index contributed by atoms with van der Waals surface area (Å²) in [6.45, 7) is 7.94. The van der Waals surface area contributed by atoms with Gasteiger partial charge in [-0.25, -0.2) is 9.36 Å². The summed E-state index contributed by atoms with van der Waals surface area (Å²) in [6, 6.07) is 8.93. The van der Waals surface area contributed by atoms with Gasteiger partial charge in [0.25, 0.3) is 0 Å². The molecule has 0 spiro atoms. The molecule has 1 unspecified atom stereocenters. The van der Waals surface area contributed by atoms with Crippen molar-refractivity contribution in [1.82, 2.24) is 14.6 Å². The highest BCUT2D eigenvalue weighted by atomic mass is 31.2. The van der Waals surface area contributed by atoms with Crippen molar-refractivity contribution in [3.63, 3.8) is 0 Å². The standard InChI is InChI=1S/C31H45N4O8P/c1-5-8-14-23(4)19-26(30(36)40-20-24(12-6-2)13-7-3)34-44(38,43-25-15-10-9-11-16-25)41-22-29-39-21-28(42-29)35-18-17-27(32)33-31(35)37/h5,8-11,14-18,24,26,28-29H,6-7,12-13,19-22H2,1-4H3,(H,34,38)(H2,32,33,37)/b8-5-,23-14+/t26-,28-,29-,44?/m0/s1. The van der Waals surface area contributed by atoms with Gasteiger partial charge in [-0.15, -0.1) is 0 Å². The molecule has 12 nitrogen and oxygen atoms in total. The lowest BCUT2D eigenvalue weighted by Gasteiger charge is -2.26. The summed E-state index contributed by atoms with van der Waals surface area (Å²) in [4.78, 5) is 29.4. The molecule has 1 aromatic heterocycles. The van der Waals surface area contributed by atoms with E-state index in [1.165, 1.54) is 16.8 Å². The number of nitrogens with two attached hydrogens (primary N) is 1. The maximum Gasteiger partial charge on any atom is 0.459 e. The van der Waals surface area contributed by atoms with E-state index in [1.54, 1.807) is 30.3 Å². The second kappa shape index (κ2) is 17.9. The predicted octanol–water partition coefficient (Wildman–Crippen LogP) is 5.53. The first-order valence-electron chi connectivity index (χ1n) is 15.0. The minimum atomic E-state index is -4.22. The molecule has 1 aliphatic rings. The van der Waals surface area contributed by atoms with E-state index in [4.69, 9.17) is 29.0 Å². The molecule has 2 heterocycles. The molecular weight excluding hydrogens is 587 g/mol. The fraction of sp³-hybridized carbons (Fsp3) is 0.516. The van der Waals surface area contributed by atoms with Crippen molar-refractivity contribution in [3.05, 3.63) is 76.9 Å². The Bertz CT molecular complexity index is 1340. The first-order chi connectivity index (χ1) is 21.2. The van der Waals surface area contributed by atoms with Gasteiger partial charge >= 0.3 is 19.4 Å². The van der Waals surface area contributed by atoms with E-state index in [9.17, 15) is 14.2 Å². The largest absolute Gasteiger partial charge is 0.464 e. The zero-order valence-electron chi connectivity index (χ0n) is 25.9. The van der Waals surface area contributed by atoms with Crippen LogP contribution in [-0.2, 0) is 28.1 Å². The summed E-state index contributed by atoms with van der Waals surface area (Å²) in [6.07, 6.45) is 9.36. The molecule has 3 rings (SSSR count). The lowest BCUT2D eigenvalue weighted by Crippen LogP contribution is -2.39. The first kappa shape index (κ1) is 35.2. The Balaban J connectivity index is 1.79. The molecule has 1 saturated heterocycles. The number of para-hydroxylation sites is 1. The lowest BCUT2D eigenvalue weighted by atomic mass is 9.99. The topological polar surface area (TPSA) is 153 Å². The van der Waals surface area contributed by atoms with Gasteiger partial charge in [0.1, 0.15) is 24.2 Å². The smallest absolute Gasteiger partial charge is 0.459 e. The number of hydrogen-bond acceptors (Lipinski definition) is 10. The van der Waals surface area contributed by atoms with Crippen molar-refractivity contribution in [2.24, 2.45) is 5.92 Å². The van der Waals surface area contributed by atoms with Gasteiger partial charge in [0.2, 0.25) is 0 Å². The summed E-state index contributed by atoms with van der Waals surface area (Å²) < 4.78 is 44.3. The number of hydrogen-bond donors (Lipinski definition) is 2. The van der Waals surface area contributed by atoms with E-state index in [-0.39, 0.29) is 43.7 Å². The number of ether oxygens (including phenoxy) is 3. The van der Waals surface area contributed by atoms with Crippen LogP contribution in [0, 0.1) is 5.92 Å². The molecule has 2 aromatic rings. The van der Waals surface area contributed by atoms with Gasteiger partial charge in [0.15, 0.2) is 12.5 Å². The minimum Gasteiger partial charge on any atom is -0.464 e. The van der Waals surface area contributed by atoms with E-state index >= 15 is 0 Å². The number of nitrogen functional groups attached to an aromatic ring is 1. The lowest BCUT2D eigenvalue weighted by molar-refractivity contribution is -0.147. The average molecular weight is 633 g/mol. The monoisotopic (exact) mass is 632 g/mol. The molecule has 13 heteroatoms. The SMILES string of the molecule is C/C=C\C=C(/C)C[C@H](NP(=O)(OC[C@H]1OC[C@@H](n2ccc(N)nc2=O)O1)Oc1ccccc1)C(=O)OCC(CCC)CCC. The average Bonchev–Trinajstić information content (AvgIpc) is 3.47. The van der Waals surface area contributed by atoms with Gasteiger partial charge < -0.3 is 24.5 Å². The Kier molecular flexibility index (Phi) is 14.3. The van der Waals surface area contributed by atoms with Crippen LogP contribution in [0.2, 0.25) is 0 Å². The molecule has 0 amide bonds. The van der Waals surface area contributed by atoms with E-state index in [0.717, 1.165) is 31.3 Å². The molecule has 0 aliphatic carbocycles. The van der Waals surface area contributed by atoms with Gasteiger partial charge in [-0.2, -0.15) is 10.1 Å². The maximum absolute atomic E-state index is 14.2. The Morgan fingerprint density at radius 3 is 2.61 bits per heavy atom. The number of carbonyl (C=O) groups is 1. The third-order valence-corrected chi connectivity index (χ3v) is 8.37. The number of benzene rings is 1. The van der Waals surface area contributed by atoms with Crippen molar-refractivity contribution in [2.75, 3.05) is 25.6 Å². The molecule has 44 heavy (non-hydrogen) atoms. The Morgan fingerprint density at radius 2 is 1.95 bits per heavy atom. The van der Waals surface area contributed by atoms with E-state index < -0.39 is 38.0 Å². The minimum absolute atomic E-state index is 0.0252. The molecule has 4 atom stereocenters. The number of aromatic nitrogens is 2. The normalized spacial score (nSPS) is 19.2. The van der Waals surface area contributed by atoms with Gasteiger partial charge in [-0.1, -0.05) is 68.7 Å². The predicted molar refractivity (Wildman–Crippen MR) is 168 cm³/mol. The quantitative estimate of drug-likeness (QED) is 0.121. The molecule has 1 aromatic carbocycles. The molecule has 0 bridgehead atoms. The number of rotatable bonds is 18. The Labute approximate surface area is 259 Å². The number of nitrogens with one attached hydrogen (secondary N) is 1. The zero-order chi connectivity index (χ0) is 32.0. The summed E-state index contributed by atoms with van der Waals surface area (Å²) in [5.41, 5.74) is 5.84. The van der Waals surface area contributed by atoms with E-state index in [2.05, 4.69) is 23.9 Å². The number of carbonyl (C=O) groups excluding carboxylic acids is 1. The molecule has 1 aliphatic heterocycles. The summed E-state index contributed by atoms with van der Waals surface area (Å²) >= 11 is 0. The third-order valence-electron chi connectivity index (χ3n) is 6.80. The third kappa shape index (κ3) is 11.3. The molecule has 1 fully saturated rings. The number of esters is 1. The van der Waals surface area contributed by atoms with E-state index in [1.807, 2.05) is 32.1 Å². The zero-order valence-corrected chi connectivity index (χ0v) is 26.8. The van der Waals surface area contributed by atoms with Crippen LogP contribution in [0.25, 0.3) is 0 Å². The van der Waals surface area contributed by atoms with Crippen molar-refractivity contribution >= 4 is 19.5 Å². The molecule has 242 valence electrons. The second-order valence-electron chi connectivity index (χ2n) is 10.6. The second-order valence-corrected chi connectivity index (χ2v) is 12.3. The number of anilines is 1. The van der Waals surface area contributed by atoms with Gasteiger partial charge in [0.05, 0.1) is 13.2 Å².